The van der Waals surface area contributed by atoms with Crippen molar-refractivity contribution >= 4 is 27.5 Å². The lowest BCUT2D eigenvalue weighted by molar-refractivity contribution is 0.0430. The van der Waals surface area contributed by atoms with E-state index in [1.165, 1.54) is 5.56 Å². The second-order valence-electron chi connectivity index (χ2n) is 4.37. The van der Waals surface area contributed by atoms with Gasteiger partial charge in [0.25, 0.3) is 0 Å². The number of aliphatic hydroxyl groups is 1. The minimum absolute atomic E-state index is 0.0588. The average Bonchev–Trinajstić information content (AvgIpc) is 2.21. The Hall–Kier alpha value is -0.0900. The molecule has 0 unspecified atom stereocenters. The third kappa shape index (κ3) is 3.20. The summed E-state index contributed by atoms with van der Waals surface area (Å²) in [4.78, 5) is 0. The molecule has 0 heterocycles. The van der Waals surface area contributed by atoms with Crippen LogP contribution in [0.3, 0.4) is 0 Å². The fourth-order valence-electron chi connectivity index (χ4n) is 1.94. The van der Waals surface area contributed by atoms with Gasteiger partial charge in [-0.1, -0.05) is 17.7 Å². The maximum atomic E-state index is 9.15. The molecular weight excluding hydrogens is 289 g/mol. The van der Waals surface area contributed by atoms with Crippen molar-refractivity contribution < 1.29 is 5.11 Å². The third-order valence-electron chi connectivity index (χ3n) is 2.96. The van der Waals surface area contributed by atoms with Crippen LogP contribution in [0, 0.1) is 5.92 Å². The first-order valence-corrected chi connectivity index (χ1v) is 6.65. The largest absolute Gasteiger partial charge is 0.393 e. The Morgan fingerprint density at radius 2 is 2.19 bits per heavy atom. The molecule has 1 saturated carbocycles. The van der Waals surface area contributed by atoms with E-state index in [1.807, 2.05) is 18.2 Å². The molecule has 0 radical (unpaired) electrons. The summed E-state index contributed by atoms with van der Waals surface area (Å²) in [5, 5.41) is 13.3. The van der Waals surface area contributed by atoms with Crippen LogP contribution in [0.5, 0.6) is 0 Å². The van der Waals surface area contributed by atoms with Crippen LogP contribution in [0.1, 0.15) is 18.4 Å². The van der Waals surface area contributed by atoms with Gasteiger partial charge in [-0.05, 0) is 58.9 Å². The number of hydrogen-bond acceptors (Lipinski definition) is 2. The van der Waals surface area contributed by atoms with Crippen LogP contribution in [0.2, 0.25) is 5.02 Å². The van der Waals surface area contributed by atoms with Crippen molar-refractivity contribution in [1.29, 1.82) is 0 Å². The van der Waals surface area contributed by atoms with Crippen LogP contribution in [-0.2, 0) is 6.54 Å². The SMILES string of the molecule is OC1CC(CNCc2ccc(Cl)c(Br)c2)C1. The standard InChI is InChI=1S/C12H15BrClNO/c13-11-5-8(1-2-12(11)14)6-15-7-9-3-10(16)4-9/h1-2,5,9-10,15-16H,3-4,6-7H2. The average molecular weight is 305 g/mol. The molecule has 4 heteroatoms. The highest BCUT2D eigenvalue weighted by molar-refractivity contribution is 9.10. The summed E-state index contributed by atoms with van der Waals surface area (Å²) in [6.07, 6.45) is 1.82. The molecular formula is C12H15BrClNO. The van der Waals surface area contributed by atoms with E-state index < -0.39 is 0 Å². The zero-order valence-electron chi connectivity index (χ0n) is 8.92. The van der Waals surface area contributed by atoms with E-state index in [1.54, 1.807) is 0 Å². The Labute approximate surface area is 109 Å². The van der Waals surface area contributed by atoms with Crippen LogP contribution < -0.4 is 5.32 Å². The smallest absolute Gasteiger partial charge is 0.0548 e. The van der Waals surface area contributed by atoms with Gasteiger partial charge in [0.1, 0.15) is 0 Å². The van der Waals surface area contributed by atoms with Gasteiger partial charge in [0, 0.05) is 11.0 Å². The van der Waals surface area contributed by atoms with Crippen molar-refractivity contribution in [2.45, 2.75) is 25.5 Å². The van der Waals surface area contributed by atoms with E-state index in [-0.39, 0.29) is 6.10 Å². The van der Waals surface area contributed by atoms with Crippen LogP contribution >= 0.6 is 27.5 Å². The molecule has 0 atom stereocenters. The second kappa shape index (κ2) is 5.50. The molecule has 16 heavy (non-hydrogen) atoms. The highest BCUT2D eigenvalue weighted by atomic mass is 79.9. The van der Waals surface area contributed by atoms with Gasteiger partial charge >= 0.3 is 0 Å². The van der Waals surface area contributed by atoms with E-state index in [9.17, 15) is 0 Å². The van der Waals surface area contributed by atoms with Crippen molar-refractivity contribution in [3.63, 3.8) is 0 Å². The van der Waals surface area contributed by atoms with E-state index in [2.05, 4.69) is 21.2 Å². The van der Waals surface area contributed by atoms with Crippen LogP contribution in [-0.4, -0.2) is 17.8 Å². The van der Waals surface area contributed by atoms with E-state index >= 15 is 0 Å². The summed E-state index contributed by atoms with van der Waals surface area (Å²) in [5.74, 6) is 0.644. The van der Waals surface area contributed by atoms with Gasteiger partial charge in [-0.3, -0.25) is 0 Å². The van der Waals surface area contributed by atoms with Crippen LogP contribution in [0.4, 0.5) is 0 Å². The maximum absolute atomic E-state index is 9.15. The quantitative estimate of drug-likeness (QED) is 0.896. The molecule has 1 aromatic carbocycles. The fourth-order valence-corrected chi connectivity index (χ4v) is 2.48. The number of aliphatic hydroxyl groups excluding tert-OH is 1. The molecule has 0 bridgehead atoms. The van der Waals surface area contributed by atoms with Crippen molar-refractivity contribution in [2.75, 3.05) is 6.54 Å². The van der Waals surface area contributed by atoms with E-state index in [0.29, 0.717) is 5.92 Å². The minimum atomic E-state index is -0.0588. The van der Waals surface area contributed by atoms with Gasteiger partial charge in [-0.15, -0.1) is 0 Å². The Balaban J connectivity index is 1.74. The van der Waals surface area contributed by atoms with Gasteiger partial charge in [-0.25, -0.2) is 0 Å². The third-order valence-corrected chi connectivity index (χ3v) is 4.17. The monoisotopic (exact) mass is 303 g/mol. The van der Waals surface area contributed by atoms with Gasteiger partial charge < -0.3 is 10.4 Å². The lowest BCUT2D eigenvalue weighted by Crippen LogP contribution is -2.35. The fraction of sp³-hybridized carbons (Fsp3) is 0.500. The van der Waals surface area contributed by atoms with Gasteiger partial charge in [-0.2, -0.15) is 0 Å². The predicted molar refractivity (Wildman–Crippen MR) is 69.6 cm³/mol. The maximum Gasteiger partial charge on any atom is 0.0548 e. The summed E-state index contributed by atoms with van der Waals surface area (Å²) < 4.78 is 0.938. The number of hydrogen-bond donors (Lipinski definition) is 2. The molecule has 0 aromatic heterocycles. The zero-order valence-corrected chi connectivity index (χ0v) is 11.3. The summed E-state index contributed by atoms with van der Waals surface area (Å²) in [6.45, 7) is 1.83. The van der Waals surface area contributed by atoms with Crippen LogP contribution in [0.15, 0.2) is 22.7 Å². The topological polar surface area (TPSA) is 32.3 Å². The Morgan fingerprint density at radius 3 is 2.81 bits per heavy atom. The Morgan fingerprint density at radius 1 is 1.44 bits per heavy atom. The molecule has 2 N–H and O–H groups in total. The summed E-state index contributed by atoms with van der Waals surface area (Å²) in [7, 11) is 0. The molecule has 0 saturated heterocycles. The highest BCUT2D eigenvalue weighted by Gasteiger charge is 2.26. The normalized spacial score (nSPS) is 24.2. The number of nitrogens with one attached hydrogen (secondary N) is 1. The molecule has 1 aliphatic carbocycles. The molecule has 2 rings (SSSR count). The first-order valence-electron chi connectivity index (χ1n) is 5.48. The Bertz CT molecular complexity index is 366. The first kappa shape index (κ1) is 12.4. The zero-order chi connectivity index (χ0) is 11.5. The summed E-state index contributed by atoms with van der Waals surface area (Å²) in [6, 6.07) is 5.95. The molecule has 1 aromatic rings. The number of halogens is 2. The number of benzene rings is 1. The molecule has 88 valence electrons. The van der Waals surface area contributed by atoms with Gasteiger partial charge in [0.15, 0.2) is 0 Å². The first-order chi connectivity index (χ1) is 7.65. The second-order valence-corrected chi connectivity index (χ2v) is 5.63. The molecule has 1 aliphatic rings. The minimum Gasteiger partial charge on any atom is -0.393 e. The molecule has 0 amide bonds. The lowest BCUT2D eigenvalue weighted by atomic mass is 9.82. The molecule has 0 spiro atoms. The van der Waals surface area contributed by atoms with E-state index in [4.69, 9.17) is 16.7 Å². The van der Waals surface area contributed by atoms with Crippen molar-refractivity contribution in [1.82, 2.24) is 5.32 Å². The van der Waals surface area contributed by atoms with Crippen LogP contribution in [0.25, 0.3) is 0 Å². The molecule has 2 nitrogen and oxygen atoms in total. The number of rotatable bonds is 4. The molecule has 1 fully saturated rings. The van der Waals surface area contributed by atoms with Crippen molar-refractivity contribution in [3.8, 4) is 0 Å². The van der Waals surface area contributed by atoms with E-state index in [0.717, 1.165) is 35.4 Å². The lowest BCUT2D eigenvalue weighted by Gasteiger charge is -2.31. The molecule has 0 aliphatic heterocycles. The van der Waals surface area contributed by atoms with Crippen molar-refractivity contribution in [3.05, 3.63) is 33.3 Å². The summed E-state index contributed by atoms with van der Waals surface area (Å²) >= 11 is 9.32. The Kier molecular flexibility index (Phi) is 4.25. The van der Waals surface area contributed by atoms with Crippen molar-refractivity contribution in [2.24, 2.45) is 5.92 Å². The van der Waals surface area contributed by atoms with Gasteiger partial charge in [0.2, 0.25) is 0 Å². The summed E-state index contributed by atoms with van der Waals surface area (Å²) in [5.41, 5.74) is 1.22. The highest BCUT2D eigenvalue weighted by Crippen LogP contribution is 2.26. The predicted octanol–water partition coefficient (Wildman–Crippen LogP) is 2.96. The van der Waals surface area contributed by atoms with Gasteiger partial charge in [0.05, 0.1) is 11.1 Å².